The van der Waals surface area contributed by atoms with Crippen LogP contribution in [0.1, 0.15) is 87.9 Å². The number of carbonyl (C=O) groups excluding carboxylic acids is 2. The second kappa shape index (κ2) is 21.8. The maximum Gasteiger partial charge on any atom is 0.243 e. The van der Waals surface area contributed by atoms with Crippen LogP contribution >= 0.6 is 11.3 Å². The summed E-state index contributed by atoms with van der Waals surface area (Å²) in [6.07, 6.45) is 4.93. The highest BCUT2D eigenvalue weighted by Gasteiger charge is 2.44. The molecule has 0 bridgehead atoms. The molecule has 20 nitrogen and oxygen atoms in total. The molecular weight excluding hydrogens is 983 g/mol. The number of nitrogens with zero attached hydrogens (tertiary/aromatic N) is 13. The number of aliphatic hydroxyl groups is 1. The molecule has 2 amide bonds. The van der Waals surface area contributed by atoms with E-state index in [-0.39, 0.29) is 48.5 Å². The van der Waals surface area contributed by atoms with Gasteiger partial charge in [-0.3, -0.25) is 19.2 Å². The number of fused-ring (bicyclic) bond motifs is 1. The number of phenols is 1. The Hall–Kier alpha value is -7.23. The van der Waals surface area contributed by atoms with Gasteiger partial charge in [0.1, 0.15) is 23.5 Å². The Bertz CT molecular complexity index is 3160. The number of hydrogen-bond donors (Lipinski definition) is 4. The monoisotopic (exact) mass is 1050 g/mol. The number of anilines is 4. The van der Waals surface area contributed by atoms with Gasteiger partial charge >= 0.3 is 0 Å². The molecule has 4 aliphatic heterocycles. The highest BCUT2D eigenvalue weighted by Crippen LogP contribution is 2.37. The third-order valence-electron chi connectivity index (χ3n) is 15.9. The van der Waals surface area contributed by atoms with Crippen LogP contribution in [-0.2, 0) is 9.59 Å². The second-order valence-corrected chi connectivity index (χ2v) is 22.1. The Kier molecular flexibility index (Phi) is 14.6. The lowest BCUT2D eigenvalue weighted by molar-refractivity contribution is -0.141. The van der Waals surface area contributed by atoms with Gasteiger partial charge in [-0.1, -0.05) is 55.4 Å². The third kappa shape index (κ3) is 10.5. The first-order chi connectivity index (χ1) is 36.8. The number of likely N-dealkylation sites (tertiary alicyclic amines) is 1. The number of hydrogen-bond acceptors (Lipinski definition) is 18. The van der Waals surface area contributed by atoms with Crippen molar-refractivity contribution in [1.29, 1.82) is 0 Å². The summed E-state index contributed by atoms with van der Waals surface area (Å²) in [4.78, 5) is 54.5. The van der Waals surface area contributed by atoms with E-state index < -0.39 is 18.1 Å². The summed E-state index contributed by atoms with van der Waals surface area (Å²) in [7, 11) is 0. The van der Waals surface area contributed by atoms with E-state index in [4.69, 9.17) is 20.2 Å². The number of aromatic hydroxyl groups is 1. The smallest absolute Gasteiger partial charge is 0.243 e. The molecule has 11 rings (SSSR count). The summed E-state index contributed by atoms with van der Waals surface area (Å²) in [6.45, 7) is 15.9. The molecule has 0 spiro atoms. The van der Waals surface area contributed by atoms with Crippen LogP contribution in [0.25, 0.3) is 32.7 Å². The molecule has 4 aliphatic rings. The van der Waals surface area contributed by atoms with Crippen LogP contribution in [0.15, 0.2) is 83.0 Å². The number of benzene rings is 2. The lowest BCUT2D eigenvalue weighted by atomic mass is 9.91. The summed E-state index contributed by atoms with van der Waals surface area (Å²) in [5, 5.41) is 42.3. The number of β-amino-alcohol motifs (C(OH)–C–C–N with tert-alkyl or cyclic N) is 1. The van der Waals surface area contributed by atoms with Crippen molar-refractivity contribution in [2.75, 3.05) is 85.9 Å². The number of phenolic OH excluding ortho intramolecular Hbond substituents is 1. The molecule has 4 atom stereocenters. The molecule has 1 unspecified atom stereocenters. The van der Waals surface area contributed by atoms with Gasteiger partial charge in [0.2, 0.25) is 17.8 Å². The van der Waals surface area contributed by atoms with Crippen molar-refractivity contribution >= 4 is 57.6 Å². The number of nitrogens with two attached hydrogens (primary N) is 1. The number of amides is 2. The molecule has 2 aromatic carbocycles. The predicted octanol–water partition coefficient (Wildman–Crippen LogP) is 6.45. The third-order valence-corrected chi connectivity index (χ3v) is 16.9. The number of para-hydroxylation sites is 1. The van der Waals surface area contributed by atoms with E-state index in [2.05, 4.69) is 50.4 Å². The van der Waals surface area contributed by atoms with Crippen molar-refractivity contribution in [1.82, 2.24) is 55.2 Å². The lowest BCUT2D eigenvalue weighted by Crippen LogP contribution is -2.49. The maximum atomic E-state index is 14.4. The Morgan fingerprint density at radius 2 is 1.61 bits per heavy atom. The van der Waals surface area contributed by atoms with E-state index >= 15 is 0 Å². The number of rotatable bonds is 14. The van der Waals surface area contributed by atoms with E-state index in [0.29, 0.717) is 34.3 Å². The molecule has 9 heterocycles. The zero-order valence-electron chi connectivity index (χ0n) is 43.6. The van der Waals surface area contributed by atoms with E-state index in [1.54, 1.807) is 23.5 Å². The fourth-order valence-corrected chi connectivity index (χ4v) is 12.4. The van der Waals surface area contributed by atoms with Gasteiger partial charge in [0, 0.05) is 89.7 Å². The van der Waals surface area contributed by atoms with Gasteiger partial charge in [-0.25, -0.2) is 9.97 Å². The van der Waals surface area contributed by atoms with Crippen LogP contribution in [0.5, 0.6) is 5.75 Å². The predicted molar refractivity (Wildman–Crippen MR) is 292 cm³/mol. The molecule has 76 heavy (non-hydrogen) atoms. The summed E-state index contributed by atoms with van der Waals surface area (Å²) in [6, 6.07) is 20.0. The zero-order valence-corrected chi connectivity index (χ0v) is 44.4. The minimum Gasteiger partial charge on any atom is -0.507 e. The number of aryl methyl sites for hydroxylation is 1. The van der Waals surface area contributed by atoms with Gasteiger partial charge < -0.3 is 45.4 Å². The number of nitrogens with one attached hydrogen (secondary N) is 1. The summed E-state index contributed by atoms with van der Waals surface area (Å²) < 4.78 is 7.92. The van der Waals surface area contributed by atoms with Crippen molar-refractivity contribution in [3.63, 3.8) is 0 Å². The number of aromatic nitrogens is 8. The lowest BCUT2D eigenvalue weighted by Gasteiger charge is -2.39. The topological polar surface area (TPSA) is 237 Å². The molecule has 0 radical (unpaired) electrons. The maximum absolute atomic E-state index is 14.4. The molecule has 4 fully saturated rings. The Morgan fingerprint density at radius 1 is 0.868 bits per heavy atom. The van der Waals surface area contributed by atoms with Crippen molar-refractivity contribution < 1.29 is 24.3 Å². The highest BCUT2D eigenvalue weighted by molar-refractivity contribution is 7.13. The number of aliphatic hydroxyl groups excluding tert-OH is 1. The number of piperidine rings is 2. The quantitative estimate of drug-likeness (QED) is 0.0916. The van der Waals surface area contributed by atoms with E-state index in [0.717, 1.165) is 129 Å². The molecule has 5 N–H and O–H groups in total. The van der Waals surface area contributed by atoms with Crippen LogP contribution in [0.2, 0.25) is 0 Å². The molecule has 0 saturated carbocycles. The summed E-state index contributed by atoms with van der Waals surface area (Å²) in [5.74, 6) is 2.59. The van der Waals surface area contributed by atoms with Gasteiger partial charge in [-0.2, -0.15) is 10.1 Å². The van der Waals surface area contributed by atoms with Crippen LogP contribution in [0.4, 0.5) is 23.4 Å². The first-order valence-electron chi connectivity index (χ1n) is 26.7. The average Bonchev–Trinajstić information content (AvgIpc) is 4.28. The normalized spacial score (nSPS) is 20.0. The highest BCUT2D eigenvalue weighted by atomic mass is 32.1. The fraction of sp³-hybridized carbons (Fsp3) is 0.473. The Labute approximate surface area is 445 Å². The van der Waals surface area contributed by atoms with Crippen LogP contribution in [-0.4, -0.2) is 150 Å². The van der Waals surface area contributed by atoms with E-state index in [1.165, 1.54) is 4.90 Å². The molecular formula is C55H67N15O5S. The van der Waals surface area contributed by atoms with Gasteiger partial charge in [-0.15, -0.1) is 21.5 Å². The average molecular weight is 1050 g/mol. The van der Waals surface area contributed by atoms with Gasteiger partial charge in [0.15, 0.2) is 22.9 Å². The van der Waals surface area contributed by atoms with Crippen LogP contribution < -0.4 is 25.8 Å². The molecule has 5 aromatic heterocycles. The molecule has 398 valence electrons. The van der Waals surface area contributed by atoms with Crippen LogP contribution in [0.3, 0.4) is 0 Å². The van der Waals surface area contributed by atoms with E-state index in [1.807, 2.05) is 98.7 Å². The van der Waals surface area contributed by atoms with Gasteiger partial charge in [0.05, 0.1) is 45.5 Å². The first kappa shape index (κ1) is 50.9. The molecule has 21 heteroatoms. The fourth-order valence-electron chi connectivity index (χ4n) is 11.6. The molecule has 0 aliphatic carbocycles. The minimum absolute atomic E-state index is 0.0788. The standard InChI is InChI=1S/C55H67N15O5S/c1-33(2)49(54(74)69-31-40(71)27-44(69)53(73)59-34(3)37-9-11-38(12-10-37)51-35(4)58-32-76-51)46-29-48(64-75-46)66-19-14-36(15-20-66)30-65-23-25-67(26-24-65)47-13-18-57-55(60-47)68-21-16-39(17-22-68)70-43-28-42(41-7-5-6-8-45(41)72)61-62-50(43)52(56)63-70/h5-13,18,28-29,32-34,36,39-40,44,49,71-72H,14-17,19-27,30-31H2,1-4H3,(H2,56,63)(H,59,73)/t34-,40+,44-,49?/m0/s1. The second-order valence-electron chi connectivity index (χ2n) is 21.3. The molecule has 4 saturated heterocycles. The van der Waals surface area contributed by atoms with Crippen molar-refractivity contribution in [2.45, 2.75) is 89.9 Å². The first-order valence-corrected chi connectivity index (χ1v) is 27.6. The molecule has 7 aromatic rings. The number of nitrogen functional groups attached to an aromatic ring is 1. The van der Waals surface area contributed by atoms with Crippen molar-refractivity contribution in [3.8, 4) is 27.4 Å². The summed E-state index contributed by atoms with van der Waals surface area (Å²) >= 11 is 1.60. The van der Waals surface area contributed by atoms with Gasteiger partial charge in [-0.05, 0) is 86.8 Å². The largest absolute Gasteiger partial charge is 0.507 e. The van der Waals surface area contributed by atoms with Crippen molar-refractivity contribution in [3.05, 3.63) is 95.5 Å². The van der Waals surface area contributed by atoms with E-state index in [9.17, 15) is 19.8 Å². The summed E-state index contributed by atoms with van der Waals surface area (Å²) in [5.41, 5.74) is 13.7. The number of carbonyl (C=O) groups is 2. The van der Waals surface area contributed by atoms with Crippen LogP contribution in [0, 0.1) is 18.8 Å². The SMILES string of the molecule is Cc1ncsc1-c1ccc([C@H](C)NC(=O)[C@@H]2C[C@@H](O)CN2C(=O)C(c2cc(N3CCC(CN4CCN(c5ccnc(N6CCC(n7nc(N)c8nnc(-c9ccccc9O)cc87)CC6)n5)CC4)CC3)no2)C(C)C)cc1. The van der Waals surface area contributed by atoms with Crippen molar-refractivity contribution in [2.24, 2.45) is 11.8 Å². The zero-order chi connectivity index (χ0) is 52.6. The Morgan fingerprint density at radius 3 is 2.33 bits per heavy atom. The Balaban J connectivity index is 0.643. The number of piperazine rings is 1. The number of thiazole rings is 1. The van der Waals surface area contributed by atoms with Gasteiger partial charge in [0.25, 0.3) is 0 Å². The minimum atomic E-state index is -0.808.